The number of benzene rings is 1. The number of hydrogen-bond donors (Lipinski definition) is 3. The van der Waals surface area contributed by atoms with Crippen molar-refractivity contribution in [2.75, 3.05) is 69.7 Å². The third-order valence-corrected chi connectivity index (χ3v) is 8.76. The van der Waals surface area contributed by atoms with Gasteiger partial charge in [-0.05, 0) is 25.0 Å². The molecule has 4 N–H and O–H groups in total. The lowest BCUT2D eigenvalue weighted by molar-refractivity contribution is -0.118. The maximum absolute atomic E-state index is 10.9. The number of nitrogens with two attached hydrogens (primary N) is 2. The zero-order chi connectivity index (χ0) is 27.9. The highest BCUT2D eigenvalue weighted by Gasteiger charge is 2.22. The van der Waals surface area contributed by atoms with Gasteiger partial charge in [-0.1, -0.05) is 31.4 Å². The Morgan fingerprint density at radius 2 is 1.90 bits per heavy atom. The summed E-state index contributed by atoms with van der Waals surface area (Å²) in [5.41, 5.74) is 14.9. The van der Waals surface area contributed by atoms with Gasteiger partial charge in [-0.15, -0.1) is 11.3 Å². The molecule has 4 heterocycles. The van der Waals surface area contributed by atoms with Crippen molar-refractivity contribution in [1.29, 1.82) is 0 Å². The van der Waals surface area contributed by atoms with E-state index < -0.39 is 0 Å². The van der Waals surface area contributed by atoms with E-state index in [1.807, 2.05) is 24.4 Å². The lowest BCUT2D eigenvalue weighted by Gasteiger charge is -2.31. The number of nitrogen functional groups attached to an aromatic ring is 1. The van der Waals surface area contributed by atoms with Gasteiger partial charge in [0.2, 0.25) is 5.91 Å². The van der Waals surface area contributed by atoms with Crippen molar-refractivity contribution >= 4 is 58.0 Å². The number of primary amides is 1. The molecule has 2 aliphatic heterocycles. The van der Waals surface area contributed by atoms with Crippen LogP contribution in [0.15, 0.2) is 29.3 Å². The van der Waals surface area contributed by atoms with E-state index in [-0.39, 0.29) is 5.91 Å². The van der Waals surface area contributed by atoms with Crippen LogP contribution in [-0.2, 0) is 16.1 Å². The van der Waals surface area contributed by atoms with Crippen molar-refractivity contribution in [3.05, 3.63) is 34.7 Å². The van der Waals surface area contributed by atoms with Crippen molar-refractivity contribution in [2.24, 2.45) is 10.7 Å². The van der Waals surface area contributed by atoms with E-state index in [1.165, 1.54) is 4.88 Å². The van der Waals surface area contributed by atoms with E-state index in [9.17, 15) is 4.79 Å². The van der Waals surface area contributed by atoms with Gasteiger partial charge in [-0.3, -0.25) is 19.0 Å². The summed E-state index contributed by atoms with van der Waals surface area (Å²) >= 11 is 6.28. The summed E-state index contributed by atoms with van der Waals surface area (Å²) in [6, 6.07) is 8.05. The van der Waals surface area contributed by atoms with Gasteiger partial charge >= 0.3 is 0 Å². The number of thiophene rings is 1. The summed E-state index contributed by atoms with van der Waals surface area (Å²) in [5, 5.41) is 0. The fourth-order valence-electron chi connectivity index (χ4n) is 5.03. The quantitative estimate of drug-likeness (QED) is 0.136. The summed E-state index contributed by atoms with van der Waals surface area (Å²) in [6.07, 6.45) is 4.83. The Balaban J connectivity index is 1.43. The SMILES string of the molecule is NC(=O)CCCCCN=Cc1c(N)cccc1-c1nc(N2CCOCC2)c2sc(CN3CCN(S)CC3)cc2n1. The fraction of sp³-hybridized carbons (Fsp3) is 0.500. The molecule has 0 unspecified atom stereocenters. The van der Waals surface area contributed by atoms with Crippen molar-refractivity contribution in [2.45, 2.75) is 32.2 Å². The minimum atomic E-state index is -0.257. The second-order valence-corrected chi connectivity index (χ2v) is 12.0. The normalized spacial score (nSPS) is 17.3. The molecule has 0 spiro atoms. The molecule has 3 aromatic rings. The topological polar surface area (TPSA) is 126 Å². The van der Waals surface area contributed by atoms with E-state index in [1.54, 1.807) is 11.3 Å². The van der Waals surface area contributed by atoms with Crippen molar-refractivity contribution in [3.8, 4) is 11.4 Å². The second kappa shape index (κ2) is 13.7. The predicted octanol–water partition coefficient (Wildman–Crippen LogP) is 3.20. The van der Waals surface area contributed by atoms with Crippen molar-refractivity contribution < 1.29 is 9.53 Å². The molecule has 2 saturated heterocycles. The lowest BCUT2D eigenvalue weighted by atomic mass is 10.1. The molecule has 0 radical (unpaired) electrons. The Hall–Kier alpha value is -2.77. The van der Waals surface area contributed by atoms with E-state index in [0.717, 1.165) is 92.2 Å². The third kappa shape index (κ3) is 7.29. The first kappa shape index (κ1) is 28.7. The Bertz CT molecular complexity index is 1330. The van der Waals surface area contributed by atoms with Crippen molar-refractivity contribution in [1.82, 2.24) is 19.2 Å². The molecule has 12 heteroatoms. The van der Waals surface area contributed by atoms with Gasteiger partial charge in [0, 0.05) is 86.7 Å². The number of anilines is 2. The van der Waals surface area contributed by atoms with Gasteiger partial charge in [0.25, 0.3) is 0 Å². The molecule has 10 nitrogen and oxygen atoms in total. The Labute approximate surface area is 244 Å². The number of fused-ring (bicyclic) bond motifs is 1. The third-order valence-electron chi connectivity index (χ3n) is 7.26. The lowest BCUT2D eigenvalue weighted by Crippen LogP contribution is -2.41. The number of ether oxygens (including phenoxy) is 1. The molecule has 5 rings (SSSR count). The molecule has 1 aromatic carbocycles. The summed E-state index contributed by atoms with van der Waals surface area (Å²) in [5.74, 6) is 1.35. The average molecular weight is 583 g/mol. The molecule has 0 atom stereocenters. The minimum absolute atomic E-state index is 0.257. The zero-order valence-corrected chi connectivity index (χ0v) is 24.5. The molecule has 1 amide bonds. The molecular formula is C28H38N8O2S2. The summed E-state index contributed by atoms with van der Waals surface area (Å²) < 4.78 is 8.82. The molecule has 0 bridgehead atoms. The number of thiol groups is 1. The van der Waals surface area contributed by atoms with E-state index in [4.69, 9.17) is 26.2 Å². The smallest absolute Gasteiger partial charge is 0.217 e. The van der Waals surface area contributed by atoms with Crippen LogP contribution in [0.25, 0.3) is 21.6 Å². The largest absolute Gasteiger partial charge is 0.398 e. The Kier molecular flexibility index (Phi) is 9.87. The van der Waals surface area contributed by atoms with E-state index >= 15 is 0 Å². The van der Waals surface area contributed by atoms with Crippen LogP contribution < -0.4 is 16.4 Å². The van der Waals surface area contributed by atoms with Crippen LogP contribution in [0.1, 0.15) is 36.1 Å². The van der Waals surface area contributed by atoms with E-state index in [2.05, 4.69) is 38.0 Å². The zero-order valence-electron chi connectivity index (χ0n) is 22.8. The van der Waals surface area contributed by atoms with Crippen LogP contribution in [-0.4, -0.2) is 90.3 Å². The number of carbonyl (C=O) groups excluding carboxylic acids is 1. The number of aliphatic imine (C=N–C) groups is 1. The predicted molar refractivity (Wildman–Crippen MR) is 166 cm³/mol. The van der Waals surface area contributed by atoms with Crippen LogP contribution in [0.5, 0.6) is 0 Å². The van der Waals surface area contributed by atoms with E-state index in [0.29, 0.717) is 37.7 Å². The Morgan fingerprint density at radius 1 is 1.10 bits per heavy atom. The van der Waals surface area contributed by atoms with Crippen LogP contribution >= 0.6 is 24.2 Å². The number of piperazine rings is 1. The minimum Gasteiger partial charge on any atom is -0.398 e. The van der Waals surface area contributed by atoms with Gasteiger partial charge in [-0.2, -0.15) is 0 Å². The van der Waals surface area contributed by atoms with Crippen LogP contribution in [0.2, 0.25) is 0 Å². The van der Waals surface area contributed by atoms with Crippen LogP contribution in [0, 0.1) is 0 Å². The van der Waals surface area contributed by atoms with Gasteiger partial charge < -0.3 is 21.1 Å². The molecule has 2 aliphatic rings. The summed E-state index contributed by atoms with van der Waals surface area (Å²) in [6.45, 7) is 8.44. The number of morpholine rings is 1. The monoisotopic (exact) mass is 582 g/mol. The number of aromatic nitrogens is 2. The highest BCUT2D eigenvalue weighted by Crippen LogP contribution is 2.36. The van der Waals surface area contributed by atoms with Crippen molar-refractivity contribution in [3.63, 3.8) is 0 Å². The first-order valence-corrected chi connectivity index (χ1v) is 15.2. The van der Waals surface area contributed by atoms with Gasteiger partial charge in [0.15, 0.2) is 11.6 Å². The molecule has 0 saturated carbocycles. The Morgan fingerprint density at radius 3 is 2.67 bits per heavy atom. The maximum Gasteiger partial charge on any atom is 0.217 e. The van der Waals surface area contributed by atoms with Crippen LogP contribution in [0.3, 0.4) is 0 Å². The first-order chi connectivity index (χ1) is 19.5. The standard InChI is InChI=1S/C28H38N8O2S2/c29-23-6-4-5-21(22(23)18-31-8-3-1-2-7-25(30)37)27-32-24-17-20(19-34-9-11-36(39)12-10-34)40-26(24)28(33-27)35-13-15-38-16-14-35/h4-6,17-18,39H,1-3,7-16,19,29H2,(H2,30,37). The molecular weight excluding hydrogens is 544 g/mol. The molecule has 40 heavy (non-hydrogen) atoms. The number of amides is 1. The maximum atomic E-state index is 10.9. The number of carbonyl (C=O) groups is 1. The summed E-state index contributed by atoms with van der Waals surface area (Å²) in [4.78, 5) is 31.8. The average Bonchev–Trinajstić information content (AvgIpc) is 3.36. The fourth-order valence-corrected chi connectivity index (χ4v) is 6.36. The molecule has 2 aromatic heterocycles. The number of nitrogens with zero attached hydrogens (tertiary/aromatic N) is 6. The van der Waals surface area contributed by atoms with Gasteiger partial charge in [-0.25, -0.2) is 9.97 Å². The number of hydrogen-bond acceptors (Lipinski definition) is 11. The molecule has 2 fully saturated rings. The number of unbranched alkanes of at least 4 members (excludes halogenated alkanes) is 2. The first-order valence-electron chi connectivity index (χ1n) is 13.9. The number of rotatable bonds is 11. The highest BCUT2D eigenvalue weighted by atomic mass is 32.1. The van der Waals surface area contributed by atoms with Crippen LogP contribution in [0.4, 0.5) is 11.5 Å². The second-order valence-electron chi connectivity index (χ2n) is 10.2. The highest BCUT2D eigenvalue weighted by molar-refractivity contribution is 7.77. The van der Waals surface area contributed by atoms with Gasteiger partial charge in [0.1, 0.15) is 0 Å². The van der Waals surface area contributed by atoms with Gasteiger partial charge in [0.05, 0.1) is 23.4 Å². The molecule has 214 valence electrons. The summed E-state index contributed by atoms with van der Waals surface area (Å²) in [7, 11) is 0. The molecule has 0 aliphatic carbocycles.